The summed E-state index contributed by atoms with van der Waals surface area (Å²) < 4.78 is 5.11. The van der Waals surface area contributed by atoms with Gasteiger partial charge in [-0.15, -0.1) is 0 Å². The molecular weight excluding hydrogens is 282 g/mol. The lowest BCUT2D eigenvalue weighted by Crippen LogP contribution is -2.45. The summed E-state index contributed by atoms with van der Waals surface area (Å²) in [6.45, 7) is 5.13. The monoisotopic (exact) mass is 299 g/mol. The minimum Gasteiger partial charge on any atom is -0.481 e. The molecule has 0 radical (unpaired) electrons. The zero-order valence-corrected chi connectivity index (χ0v) is 12.4. The third-order valence-electron chi connectivity index (χ3n) is 2.33. The predicted octanol–water partition coefficient (Wildman–Crippen LogP) is 3.08. The van der Waals surface area contributed by atoms with Gasteiger partial charge in [0.05, 0.1) is 6.42 Å². The highest BCUT2D eigenvalue weighted by molar-refractivity contribution is 6.25. The van der Waals surface area contributed by atoms with Crippen LogP contribution >= 0.6 is 11.6 Å². The highest BCUT2D eigenvalue weighted by atomic mass is 35.5. The zero-order chi connectivity index (χ0) is 15.4. The van der Waals surface area contributed by atoms with Crippen molar-refractivity contribution in [3.8, 4) is 0 Å². The third kappa shape index (κ3) is 5.09. The van der Waals surface area contributed by atoms with E-state index in [4.69, 9.17) is 21.4 Å². The smallest absolute Gasteiger partial charge is 0.409 e. The van der Waals surface area contributed by atoms with Gasteiger partial charge < -0.3 is 9.84 Å². The Labute approximate surface area is 122 Å². The van der Waals surface area contributed by atoms with E-state index >= 15 is 0 Å². The van der Waals surface area contributed by atoms with Gasteiger partial charge in [0.15, 0.2) is 5.00 Å². The van der Waals surface area contributed by atoms with Crippen LogP contribution in [0.1, 0.15) is 32.8 Å². The second-order valence-electron chi connectivity index (χ2n) is 5.36. The van der Waals surface area contributed by atoms with Crippen LogP contribution < -0.4 is 5.32 Å². The summed E-state index contributed by atoms with van der Waals surface area (Å²) in [4.78, 5) is 21.3. The van der Waals surface area contributed by atoms with Crippen molar-refractivity contribution < 1.29 is 19.4 Å². The molecular formula is C14H18ClNO4. The second kappa shape index (κ2) is 6.13. The van der Waals surface area contributed by atoms with Crippen molar-refractivity contribution in [3.63, 3.8) is 0 Å². The van der Waals surface area contributed by atoms with Crippen molar-refractivity contribution in [2.45, 2.75) is 37.8 Å². The van der Waals surface area contributed by atoms with E-state index in [1.165, 1.54) is 0 Å². The molecule has 1 atom stereocenters. The number of hydrogen-bond acceptors (Lipinski definition) is 3. The predicted molar refractivity (Wildman–Crippen MR) is 75.6 cm³/mol. The van der Waals surface area contributed by atoms with Crippen LogP contribution in [0.5, 0.6) is 0 Å². The molecule has 20 heavy (non-hydrogen) atoms. The number of halogens is 1. The number of nitrogens with one attached hydrogen (secondary N) is 1. The van der Waals surface area contributed by atoms with Gasteiger partial charge in [-0.25, -0.2) is 4.79 Å². The maximum atomic E-state index is 11.8. The van der Waals surface area contributed by atoms with Crippen LogP contribution in [0.4, 0.5) is 4.79 Å². The first kappa shape index (κ1) is 16.3. The molecule has 5 nitrogen and oxygen atoms in total. The van der Waals surface area contributed by atoms with Crippen molar-refractivity contribution in [1.29, 1.82) is 0 Å². The number of rotatable bonds is 4. The van der Waals surface area contributed by atoms with Crippen molar-refractivity contribution in [1.82, 2.24) is 5.32 Å². The first-order chi connectivity index (χ1) is 9.12. The van der Waals surface area contributed by atoms with E-state index in [1.54, 1.807) is 51.1 Å². The maximum absolute atomic E-state index is 11.8. The van der Waals surface area contributed by atoms with Gasteiger partial charge in [-0.3, -0.25) is 10.1 Å². The van der Waals surface area contributed by atoms with Crippen LogP contribution in [0.2, 0.25) is 0 Å². The summed E-state index contributed by atoms with van der Waals surface area (Å²) in [7, 11) is 0. The van der Waals surface area contributed by atoms with E-state index in [0.717, 1.165) is 0 Å². The highest BCUT2D eigenvalue weighted by Crippen LogP contribution is 2.30. The Bertz CT molecular complexity index is 484. The number of benzene rings is 1. The van der Waals surface area contributed by atoms with Crippen LogP contribution in [0, 0.1) is 0 Å². The lowest BCUT2D eigenvalue weighted by molar-refractivity contribution is -0.138. The number of amides is 1. The van der Waals surface area contributed by atoms with Crippen molar-refractivity contribution >= 4 is 23.7 Å². The molecule has 0 unspecified atom stereocenters. The molecule has 0 aliphatic rings. The Balaban J connectivity index is 2.96. The SMILES string of the molecule is CC(C)(C)OC(=O)N[C@@](Cl)(CC(=O)O)c1ccccc1. The molecule has 0 saturated heterocycles. The summed E-state index contributed by atoms with van der Waals surface area (Å²) in [5, 5.41) is 11.4. The highest BCUT2D eigenvalue weighted by Gasteiger charge is 2.35. The Kier molecular flexibility index (Phi) is 5.00. The number of ether oxygens (including phenoxy) is 1. The van der Waals surface area contributed by atoms with Crippen molar-refractivity contribution in [2.24, 2.45) is 0 Å². The first-order valence-electron chi connectivity index (χ1n) is 6.10. The van der Waals surface area contributed by atoms with E-state index in [2.05, 4.69) is 5.32 Å². The number of alkyl carbamates (subject to hydrolysis) is 1. The quantitative estimate of drug-likeness (QED) is 0.662. The van der Waals surface area contributed by atoms with E-state index in [1.807, 2.05) is 0 Å². The van der Waals surface area contributed by atoms with Crippen LogP contribution in [0.15, 0.2) is 30.3 Å². The van der Waals surface area contributed by atoms with E-state index in [-0.39, 0.29) is 0 Å². The number of alkyl halides is 1. The minimum atomic E-state index is -1.55. The van der Waals surface area contributed by atoms with Gasteiger partial charge in [0.1, 0.15) is 5.60 Å². The van der Waals surface area contributed by atoms with Crippen LogP contribution in [-0.2, 0) is 14.5 Å². The molecule has 0 heterocycles. The molecule has 110 valence electrons. The number of hydrogen-bond donors (Lipinski definition) is 2. The zero-order valence-electron chi connectivity index (χ0n) is 11.6. The van der Waals surface area contributed by atoms with Gasteiger partial charge >= 0.3 is 12.1 Å². The molecule has 1 amide bonds. The normalized spacial score (nSPS) is 14.2. The molecule has 1 aromatic carbocycles. The Hall–Kier alpha value is -1.75. The van der Waals surface area contributed by atoms with Gasteiger partial charge in [0.2, 0.25) is 0 Å². The minimum absolute atomic E-state index is 0.461. The molecule has 1 aromatic rings. The molecule has 6 heteroatoms. The van der Waals surface area contributed by atoms with E-state index in [0.29, 0.717) is 5.56 Å². The van der Waals surface area contributed by atoms with Gasteiger partial charge in [-0.1, -0.05) is 41.9 Å². The topological polar surface area (TPSA) is 75.6 Å². The molecule has 0 fully saturated rings. The third-order valence-corrected chi connectivity index (χ3v) is 2.77. The molecule has 0 aliphatic heterocycles. The standard InChI is InChI=1S/C14H18ClNO4/c1-13(2,3)20-12(19)16-14(15,9-11(17)18)10-7-5-4-6-8-10/h4-8H,9H2,1-3H3,(H,16,19)(H,17,18)/t14-/m0/s1. The number of carbonyl (C=O) groups excluding carboxylic acids is 1. The van der Waals surface area contributed by atoms with Crippen LogP contribution in [0.3, 0.4) is 0 Å². The first-order valence-corrected chi connectivity index (χ1v) is 6.47. The number of aliphatic carboxylic acids is 1. The molecule has 2 N–H and O–H groups in total. The molecule has 0 saturated carbocycles. The van der Waals surface area contributed by atoms with Gasteiger partial charge in [-0.2, -0.15) is 0 Å². The maximum Gasteiger partial charge on any atom is 0.409 e. The van der Waals surface area contributed by atoms with E-state index in [9.17, 15) is 9.59 Å². The molecule has 0 aromatic heterocycles. The fourth-order valence-corrected chi connectivity index (χ4v) is 1.91. The Morgan fingerprint density at radius 2 is 1.80 bits per heavy atom. The summed E-state index contributed by atoms with van der Waals surface area (Å²) in [5.41, 5.74) is -0.211. The molecule has 1 rings (SSSR count). The summed E-state index contributed by atoms with van der Waals surface area (Å²) in [6.07, 6.45) is -1.23. The average Bonchev–Trinajstić information content (AvgIpc) is 2.26. The molecule has 0 spiro atoms. The number of carbonyl (C=O) groups is 2. The Morgan fingerprint density at radius 3 is 2.25 bits per heavy atom. The lowest BCUT2D eigenvalue weighted by atomic mass is 10.0. The fraction of sp³-hybridized carbons (Fsp3) is 0.429. The van der Waals surface area contributed by atoms with Crippen molar-refractivity contribution in [3.05, 3.63) is 35.9 Å². The van der Waals surface area contributed by atoms with Crippen molar-refractivity contribution in [2.75, 3.05) is 0 Å². The number of carboxylic acid groups (broad SMARTS) is 1. The van der Waals surface area contributed by atoms with Crippen LogP contribution in [-0.4, -0.2) is 22.8 Å². The van der Waals surface area contributed by atoms with Gasteiger partial charge in [0.25, 0.3) is 0 Å². The molecule has 0 bridgehead atoms. The van der Waals surface area contributed by atoms with Gasteiger partial charge in [0, 0.05) is 0 Å². The number of carboxylic acids is 1. The summed E-state index contributed by atoms with van der Waals surface area (Å²) >= 11 is 6.29. The largest absolute Gasteiger partial charge is 0.481 e. The van der Waals surface area contributed by atoms with Crippen LogP contribution in [0.25, 0.3) is 0 Å². The summed E-state index contributed by atoms with van der Waals surface area (Å²) in [6, 6.07) is 8.49. The van der Waals surface area contributed by atoms with E-state index < -0.39 is 29.1 Å². The Morgan fingerprint density at radius 1 is 1.25 bits per heavy atom. The van der Waals surface area contributed by atoms with Gasteiger partial charge in [-0.05, 0) is 26.3 Å². The fourth-order valence-electron chi connectivity index (χ4n) is 1.59. The molecule has 0 aliphatic carbocycles. The average molecular weight is 300 g/mol. The second-order valence-corrected chi connectivity index (χ2v) is 6.01. The summed E-state index contributed by atoms with van der Waals surface area (Å²) in [5.74, 6) is -1.13. The lowest BCUT2D eigenvalue weighted by Gasteiger charge is -2.29.